The lowest BCUT2D eigenvalue weighted by Gasteiger charge is -2.33. The van der Waals surface area contributed by atoms with Gasteiger partial charge in [0.2, 0.25) is 10.0 Å². The van der Waals surface area contributed by atoms with Gasteiger partial charge in [-0.1, -0.05) is 0 Å². The lowest BCUT2D eigenvalue weighted by atomic mass is 10.1. The molecule has 0 spiro atoms. The number of H-pyrrole nitrogens is 1. The Hall–Kier alpha value is -0.900. The van der Waals surface area contributed by atoms with Gasteiger partial charge in [0, 0.05) is 52.2 Å². The van der Waals surface area contributed by atoms with E-state index >= 15 is 0 Å². The Morgan fingerprint density at radius 2 is 1.74 bits per heavy atom. The molecule has 0 aliphatic carbocycles. The fourth-order valence-electron chi connectivity index (χ4n) is 2.69. The highest BCUT2D eigenvalue weighted by Gasteiger charge is 2.27. The van der Waals surface area contributed by atoms with Gasteiger partial charge in [0.25, 0.3) is 5.91 Å². The molecular formula is C14H15Br2N3O3S. The van der Waals surface area contributed by atoms with Crippen LogP contribution in [-0.2, 0) is 10.0 Å². The first-order chi connectivity index (χ1) is 10.8. The van der Waals surface area contributed by atoms with E-state index in [9.17, 15) is 13.2 Å². The summed E-state index contributed by atoms with van der Waals surface area (Å²) >= 11 is 6.89. The fraction of sp³-hybridized carbons (Fsp3) is 0.357. The molecule has 1 fully saturated rings. The Bertz CT molecular complexity index is 871. The number of sulfonamides is 1. The third kappa shape index (κ3) is 3.33. The zero-order valence-corrected chi connectivity index (χ0v) is 16.3. The number of halogens is 2. The second kappa shape index (κ2) is 6.19. The van der Waals surface area contributed by atoms with Crippen LogP contribution in [0, 0.1) is 0 Å². The van der Waals surface area contributed by atoms with Crippen LogP contribution in [0.3, 0.4) is 0 Å². The van der Waals surface area contributed by atoms with Crippen molar-refractivity contribution in [1.82, 2.24) is 14.2 Å². The summed E-state index contributed by atoms with van der Waals surface area (Å²) < 4.78 is 26.3. The average molecular weight is 465 g/mol. The van der Waals surface area contributed by atoms with E-state index in [0.717, 1.165) is 19.8 Å². The minimum atomic E-state index is -3.20. The number of hydrogen-bond donors (Lipinski definition) is 1. The van der Waals surface area contributed by atoms with Crippen LogP contribution in [-0.4, -0.2) is 60.9 Å². The number of rotatable bonds is 2. The molecule has 1 aromatic carbocycles. The molecule has 1 amide bonds. The molecule has 3 rings (SSSR count). The summed E-state index contributed by atoms with van der Waals surface area (Å²) in [5, 5.41) is 0.843. The van der Waals surface area contributed by atoms with E-state index < -0.39 is 10.0 Å². The molecular weight excluding hydrogens is 450 g/mol. The largest absolute Gasteiger partial charge is 0.360 e. The van der Waals surface area contributed by atoms with Crippen molar-refractivity contribution in [2.24, 2.45) is 0 Å². The van der Waals surface area contributed by atoms with Gasteiger partial charge in [0.1, 0.15) is 0 Å². The predicted octanol–water partition coefficient (Wildman–Crippen LogP) is 2.41. The van der Waals surface area contributed by atoms with Gasteiger partial charge in [-0.25, -0.2) is 8.42 Å². The van der Waals surface area contributed by atoms with Crippen molar-refractivity contribution < 1.29 is 13.2 Å². The van der Waals surface area contributed by atoms with Crippen LogP contribution >= 0.6 is 31.9 Å². The number of aromatic amines is 1. The Labute approximate surface area is 151 Å². The summed E-state index contributed by atoms with van der Waals surface area (Å²) in [6, 6.07) is 3.81. The van der Waals surface area contributed by atoms with Crippen LogP contribution in [0.2, 0.25) is 0 Å². The molecule has 1 aromatic heterocycles. The highest BCUT2D eigenvalue weighted by atomic mass is 79.9. The number of benzene rings is 1. The number of amides is 1. The topological polar surface area (TPSA) is 73.5 Å². The van der Waals surface area contributed by atoms with E-state index in [-0.39, 0.29) is 5.91 Å². The summed E-state index contributed by atoms with van der Waals surface area (Å²) in [5.41, 5.74) is 1.47. The summed E-state index contributed by atoms with van der Waals surface area (Å²) in [4.78, 5) is 17.5. The van der Waals surface area contributed by atoms with Crippen LogP contribution in [0.25, 0.3) is 10.9 Å². The molecule has 0 unspecified atom stereocenters. The Morgan fingerprint density at radius 1 is 1.13 bits per heavy atom. The number of fused-ring (bicyclic) bond motifs is 1. The van der Waals surface area contributed by atoms with Crippen molar-refractivity contribution in [3.05, 3.63) is 32.8 Å². The molecule has 9 heteroatoms. The molecule has 1 N–H and O–H groups in total. The predicted molar refractivity (Wildman–Crippen MR) is 96.0 cm³/mol. The molecule has 0 radical (unpaired) electrons. The molecule has 2 heterocycles. The first-order valence-corrected chi connectivity index (χ1v) is 10.4. The number of hydrogen-bond acceptors (Lipinski definition) is 3. The van der Waals surface area contributed by atoms with Crippen molar-refractivity contribution in [2.75, 3.05) is 32.4 Å². The molecule has 124 valence electrons. The molecule has 1 aliphatic rings. The van der Waals surface area contributed by atoms with Gasteiger partial charge >= 0.3 is 0 Å². The van der Waals surface area contributed by atoms with Crippen LogP contribution in [0.5, 0.6) is 0 Å². The van der Waals surface area contributed by atoms with Gasteiger partial charge in [0.05, 0.1) is 11.8 Å². The van der Waals surface area contributed by atoms with Crippen LogP contribution in [0.1, 0.15) is 10.4 Å². The zero-order chi connectivity index (χ0) is 16.8. The van der Waals surface area contributed by atoms with E-state index in [1.165, 1.54) is 10.6 Å². The Morgan fingerprint density at radius 3 is 2.35 bits per heavy atom. The molecule has 0 bridgehead atoms. The fourth-order valence-corrected chi connectivity index (χ4v) is 4.20. The van der Waals surface area contributed by atoms with E-state index in [1.807, 2.05) is 12.1 Å². The third-order valence-corrected chi connectivity index (χ3v) is 7.10. The van der Waals surface area contributed by atoms with Gasteiger partial charge in [0.15, 0.2) is 0 Å². The zero-order valence-electron chi connectivity index (χ0n) is 12.3. The van der Waals surface area contributed by atoms with E-state index in [4.69, 9.17) is 0 Å². The van der Waals surface area contributed by atoms with Gasteiger partial charge in [-0.2, -0.15) is 4.31 Å². The normalized spacial score (nSPS) is 16.9. The molecule has 1 aliphatic heterocycles. The van der Waals surface area contributed by atoms with Crippen molar-refractivity contribution >= 4 is 58.7 Å². The number of carbonyl (C=O) groups excluding carboxylic acids is 1. The van der Waals surface area contributed by atoms with Crippen LogP contribution in [0.4, 0.5) is 0 Å². The van der Waals surface area contributed by atoms with Gasteiger partial charge < -0.3 is 9.88 Å². The van der Waals surface area contributed by atoms with E-state index in [1.54, 1.807) is 11.1 Å². The third-order valence-electron chi connectivity index (χ3n) is 3.95. The van der Waals surface area contributed by atoms with E-state index in [2.05, 4.69) is 36.8 Å². The second-order valence-electron chi connectivity index (χ2n) is 5.47. The maximum atomic E-state index is 12.7. The number of carbonyl (C=O) groups is 1. The maximum Gasteiger partial charge on any atom is 0.256 e. The highest BCUT2D eigenvalue weighted by Crippen LogP contribution is 2.30. The summed E-state index contributed by atoms with van der Waals surface area (Å²) in [7, 11) is -3.20. The number of aromatic nitrogens is 1. The van der Waals surface area contributed by atoms with Crippen molar-refractivity contribution in [2.45, 2.75) is 0 Å². The lowest BCUT2D eigenvalue weighted by molar-refractivity contribution is 0.0700. The molecule has 23 heavy (non-hydrogen) atoms. The molecule has 6 nitrogen and oxygen atoms in total. The average Bonchev–Trinajstić information content (AvgIpc) is 2.89. The van der Waals surface area contributed by atoms with Crippen molar-refractivity contribution in [1.29, 1.82) is 0 Å². The standard InChI is InChI=1S/C14H15Br2N3O3S/c1-23(21,22)19-4-2-18(3-5-19)14(20)10-8-17-13-7-12(16)11(15)6-9(10)13/h6-8,17H,2-5H2,1H3. The smallest absolute Gasteiger partial charge is 0.256 e. The first-order valence-electron chi connectivity index (χ1n) is 6.98. The Kier molecular flexibility index (Phi) is 4.56. The number of piperazine rings is 1. The van der Waals surface area contributed by atoms with Gasteiger partial charge in [-0.15, -0.1) is 0 Å². The summed E-state index contributed by atoms with van der Waals surface area (Å²) in [6.45, 7) is 1.47. The van der Waals surface area contributed by atoms with Crippen molar-refractivity contribution in [3.8, 4) is 0 Å². The maximum absolute atomic E-state index is 12.7. The molecule has 1 saturated heterocycles. The van der Waals surface area contributed by atoms with Crippen LogP contribution in [0.15, 0.2) is 27.3 Å². The van der Waals surface area contributed by atoms with Gasteiger partial charge in [-0.3, -0.25) is 4.79 Å². The number of nitrogens with zero attached hydrogens (tertiary/aromatic N) is 2. The summed E-state index contributed by atoms with van der Waals surface area (Å²) in [5.74, 6) is -0.0846. The first kappa shape index (κ1) is 16.9. The molecule has 2 aromatic rings. The van der Waals surface area contributed by atoms with E-state index in [0.29, 0.717) is 31.7 Å². The molecule has 0 saturated carbocycles. The number of nitrogens with one attached hydrogen (secondary N) is 1. The van der Waals surface area contributed by atoms with Crippen LogP contribution < -0.4 is 0 Å². The van der Waals surface area contributed by atoms with Crippen molar-refractivity contribution in [3.63, 3.8) is 0 Å². The van der Waals surface area contributed by atoms with Gasteiger partial charge in [-0.05, 0) is 44.0 Å². The lowest BCUT2D eigenvalue weighted by Crippen LogP contribution is -2.50. The minimum Gasteiger partial charge on any atom is -0.360 e. The highest BCUT2D eigenvalue weighted by molar-refractivity contribution is 9.13. The molecule has 0 atom stereocenters. The Balaban J connectivity index is 1.83. The minimum absolute atomic E-state index is 0.0846. The monoisotopic (exact) mass is 463 g/mol. The second-order valence-corrected chi connectivity index (χ2v) is 9.16. The SMILES string of the molecule is CS(=O)(=O)N1CCN(C(=O)c2c[nH]c3cc(Br)c(Br)cc23)CC1. The summed E-state index contributed by atoms with van der Waals surface area (Å²) in [6.07, 6.45) is 2.90. The quantitative estimate of drug-likeness (QED) is 0.741.